The maximum atomic E-state index is 12.6. The Morgan fingerprint density at radius 1 is 0.862 bits per heavy atom. The van der Waals surface area contributed by atoms with Crippen molar-refractivity contribution >= 4 is 17.7 Å². The Morgan fingerprint density at radius 3 is 2.10 bits per heavy atom. The number of thioether (sulfide) groups is 1. The molecule has 3 saturated heterocycles. The third-order valence-electron chi connectivity index (χ3n) is 7.18. The van der Waals surface area contributed by atoms with Crippen molar-refractivity contribution in [1.29, 1.82) is 0 Å². The predicted molar refractivity (Wildman–Crippen MR) is 122 cm³/mol. The number of carbonyl (C=O) groups excluding carboxylic acids is 1. The monoisotopic (exact) mass is 415 g/mol. The van der Waals surface area contributed by atoms with Gasteiger partial charge in [-0.05, 0) is 88.2 Å². The minimum absolute atomic E-state index is 0.210. The zero-order chi connectivity index (χ0) is 19.9. The fraction of sp³-hybridized carbons (Fsp3) is 0.708. The molecule has 0 spiro atoms. The normalized spacial score (nSPS) is 23.9. The minimum Gasteiger partial charge on any atom is -0.356 e. The van der Waals surface area contributed by atoms with Crippen molar-refractivity contribution in [3.05, 3.63) is 35.9 Å². The van der Waals surface area contributed by atoms with Gasteiger partial charge in [-0.1, -0.05) is 30.3 Å². The molecule has 0 saturated carbocycles. The molecule has 3 aliphatic heterocycles. The molecule has 4 nitrogen and oxygen atoms in total. The highest BCUT2D eigenvalue weighted by atomic mass is 32.2. The van der Waals surface area contributed by atoms with Crippen LogP contribution in [0.5, 0.6) is 0 Å². The van der Waals surface area contributed by atoms with Crippen LogP contribution in [0.25, 0.3) is 0 Å². The van der Waals surface area contributed by atoms with Gasteiger partial charge >= 0.3 is 0 Å². The Hall–Kier alpha value is -1.04. The zero-order valence-electron chi connectivity index (χ0n) is 17.7. The van der Waals surface area contributed by atoms with Crippen LogP contribution in [0, 0.1) is 5.92 Å². The fourth-order valence-corrected chi connectivity index (χ4v) is 6.39. The van der Waals surface area contributed by atoms with Crippen molar-refractivity contribution in [2.45, 2.75) is 57.0 Å². The molecule has 0 aromatic heterocycles. The van der Waals surface area contributed by atoms with Gasteiger partial charge in [-0.15, -0.1) is 0 Å². The van der Waals surface area contributed by atoms with E-state index < -0.39 is 0 Å². The first-order chi connectivity index (χ1) is 14.3. The van der Waals surface area contributed by atoms with Crippen molar-refractivity contribution < 1.29 is 4.79 Å². The molecular weight excluding hydrogens is 378 g/mol. The molecule has 0 aliphatic carbocycles. The third kappa shape index (κ3) is 5.99. The zero-order valence-corrected chi connectivity index (χ0v) is 18.5. The molecular formula is C24H37N3OS. The highest BCUT2D eigenvalue weighted by Gasteiger charge is 2.32. The summed E-state index contributed by atoms with van der Waals surface area (Å²) < 4.78 is 0. The SMILES string of the molecule is O=C(NCCc1ccccc1)C1CCN(C2CCN(C3CCSCC3)CC2)CC1. The summed E-state index contributed by atoms with van der Waals surface area (Å²) in [5.41, 5.74) is 1.29. The predicted octanol–water partition coefficient (Wildman–Crippen LogP) is 3.42. The van der Waals surface area contributed by atoms with E-state index in [1.165, 1.54) is 55.8 Å². The molecule has 0 bridgehead atoms. The first-order valence-corrected chi connectivity index (χ1v) is 12.8. The lowest BCUT2D eigenvalue weighted by Crippen LogP contribution is -2.51. The molecule has 0 radical (unpaired) electrons. The Balaban J connectivity index is 1.13. The van der Waals surface area contributed by atoms with E-state index in [2.05, 4.69) is 51.1 Å². The first kappa shape index (κ1) is 21.2. The minimum atomic E-state index is 0.210. The van der Waals surface area contributed by atoms with Crippen molar-refractivity contribution in [1.82, 2.24) is 15.1 Å². The standard InChI is InChI=1S/C24H37N3OS/c28-24(25-13-6-20-4-2-1-3-5-20)21-7-14-26(15-8-21)22-9-16-27(17-10-22)23-11-18-29-19-12-23/h1-5,21-23H,6-19H2,(H,25,28). The van der Waals surface area contributed by atoms with Gasteiger partial charge in [-0.25, -0.2) is 0 Å². The summed E-state index contributed by atoms with van der Waals surface area (Å²) in [6.07, 6.45) is 8.38. The second kappa shape index (κ2) is 10.8. The van der Waals surface area contributed by atoms with Gasteiger partial charge in [-0.3, -0.25) is 4.79 Å². The summed E-state index contributed by atoms with van der Waals surface area (Å²) in [6, 6.07) is 12.0. The second-order valence-electron chi connectivity index (χ2n) is 8.95. The van der Waals surface area contributed by atoms with Gasteiger partial charge in [0.25, 0.3) is 0 Å². The summed E-state index contributed by atoms with van der Waals surface area (Å²) in [7, 11) is 0. The molecule has 0 atom stereocenters. The maximum Gasteiger partial charge on any atom is 0.223 e. The van der Waals surface area contributed by atoms with Gasteiger partial charge in [0.15, 0.2) is 0 Å². The number of hydrogen-bond donors (Lipinski definition) is 1. The average Bonchev–Trinajstić information content (AvgIpc) is 2.80. The van der Waals surface area contributed by atoms with E-state index in [-0.39, 0.29) is 11.8 Å². The highest BCUT2D eigenvalue weighted by Crippen LogP contribution is 2.28. The van der Waals surface area contributed by atoms with E-state index in [9.17, 15) is 4.79 Å². The van der Waals surface area contributed by atoms with Crippen LogP contribution >= 0.6 is 11.8 Å². The molecule has 1 aromatic carbocycles. The van der Waals surface area contributed by atoms with Crippen molar-refractivity contribution in [3.8, 4) is 0 Å². The van der Waals surface area contributed by atoms with Crippen LogP contribution in [0.2, 0.25) is 0 Å². The summed E-state index contributed by atoms with van der Waals surface area (Å²) in [5, 5.41) is 3.17. The highest BCUT2D eigenvalue weighted by molar-refractivity contribution is 7.99. The smallest absolute Gasteiger partial charge is 0.223 e. The van der Waals surface area contributed by atoms with E-state index in [0.29, 0.717) is 0 Å². The van der Waals surface area contributed by atoms with Gasteiger partial charge in [0.1, 0.15) is 0 Å². The van der Waals surface area contributed by atoms with E-state index in [0.717, 1.165) is 51.0 Å². The molecule has 29 heavy (non-hydrogen) atoms. The Morgan fingerprint density at radius 2 is 1.45 bits per heavy atom. The Kier molecular flexibility index (Phi) is 7.92. The molecule has 5 heteroatoms. The number of rotatable bonds is 6. The maximum absolute atomic E-state index is 12.6. The lowest BCUT2D eigenvalue weighted by Gasteiger charge is -2.44. The fourth-order valence-electron chi connectivity index (χ4n) is 5.31. The van der Waals surface area contributed by atoms with Crippen LogP contribution in [0.1, 0.15) is 44.1 Å². The molecule has 3 fully saturated rings. The van der Waals surface area contributed by atoms with Gasteiger partial charge < -0.3 is 15.1 Å². The number of likely N-dealkylation sites (tertiary alicyclic amines) is 2. The lowest BCUT2D eigenvalue weighted by atomic mass is 9.92. The van der Waals surface area contributed by atoms with Crippen LogP contribution in [0.4, 0.5) is 0 Å². The summed E-state index contributed by atoms with van der Waals surface area (Å²) in [6.45, 7) is 5.50. The molecule has 160 valence electrons. The van der Waals surface area contributed by atoms with Crippen molar-refractivity contribution in [2.24, 2.45) is 5.92 Å². The van der Waals surface area contributed by atoms with Crippen LogP contribution in [-0.4, -0.2) is 72.0 Å². The second-order valence-corrected chi connectivity index (χ2v) is 10.2. The number of nitrogens with one attached hydrogen (secondary N) is 1. The molecule has 1 amide bonds. The summed E-state index contributed by atoms with van der Waals surface area (Å²) in [4.78, 5) is 18.0. The van der Waals surface area contributed by atoms with Gasteiger partial charge in [0.2, 0.25) is 5.91 Å². The number of hydrogen-bond acceptors (Lipinski definition) is 4. The van der Waals surface area contributed by atoms with Crippen LogP contribution in [0.3, 0.4) is 0 Å². The van der Waals surface area contributed by atoms with Gasteiger partial charge in [0.05, 0.1) is 0 Å². The Labute approximate surface area is 180 Å². The lowest BCUT2D eigenvalue weighted by molar-refractivity contribution is -0.126. The van der Waals surface area contributed by atoms with Crippen molar-refractivity contribution in [3.63, 3.8) is 0 Å². The third-order valence-corrected chi connectivity index (χ3v) is 8.23. The summed E-state index contributed by atoms with van der Waals surface area (Å²) >= 11 is 2.12. The van der Waals surface area contributed by atoms with E-state index in [1.54, 1.807) is 0 Å². The average molecular weight is 416 g/mol. The molecule has 3 aliphatic rings. The van der Waals surface area contributed by atoms with E-state index in [4.69, 9.17) is 0 Å². The topological polar surface area (TPSA) is 35.6 Å². The molecule has 1 N–H and O–H groups in total. The first-order valence-electron chi connectivity index (χ1n) is 11.7. The van der Waals surface area contributed by atoms with Crippen molar-refractivity contribution in [2.75, 3.05) is 44.2 Å². The summed E-state index contributed by atoms with van der Waals surface area (Å²) in [5.74, 6) is 3.18. The van der Waals surface area contributed by atoms with Gasteiger partial charge in [0, 0.05) is 24.5 Å². The van der Waals surface area contributed by atoms with E-state index in [1.807, 2.05) is 6.07 Å². The van der Waals surface area contributed by atoms with Crippen LogP contribution < -0.4 is 5.32 Å². The number of nitrogens with zero attached hydrogens (tertiary/aromatic N) is 2. The number of amides is 1. The largest absolute Gasteiger partial charge is 0.356 e. The Bertz CT molecular complexity index is 618. The van der Waals surface area contributed by atoms with Crippen LogP contribution in [-0.2, 0) is 11.2 Å². The number of piperidine rings is 2. The number of carbonyl (C=O) groups is 1. The molecule has 0 unspecified atom stereocenters. The molecule has 3 heterocycles. The molecule has 4 rings (SSSR count). The quantitative estimate of drug-likeness (QED) is 0.772. The van der Waals surface area contributed by atoms with Crippen LogP contribution in [0.15, 0.2) is 30.3 Å². The number of benzene rings is 1. The molecule has 1 aromatic rings. The van der Waals surface area contributed by atoms with Gasteiger partial charge in [-0.2, -0.15) is 11.8 Å². The van der Waals surface area contributed by atoms with E-state index >= 15 is 0 Å².